The van der Waals surface area contributed by atoms with Crippen molar-refractivity contribution in [3.05, 3.63) is 72.4 Å². The van der Waals surface area contributed by atoms with Crippen LogP contribution in [-0.4, -0.2) is 11.4 Å². The molecule has 1 aliphatic heterocycles. The van der Waals surface area contributed by atoms with Crippen LogP contribution in [-0.2, 0) is 6.54 Å². The molecule has 0 bridgehead atoms. The number of nitrogens with zero attached hydrogens (tertiary/aromatic N) is 1. The van der Waals surface area contributed by atoms with E-state index < -0.39 is 0 Å². The molecule has 0 fully saturated rings. The first kappa shape index (κ1) is 12.0. The van der Waals surface area contributed by atoms with Gasteiger partial charge in [0.2, 0.25) is 0 Å². The van der Waals surface area contributed by atoms with E-state index >= 15 is 0 Å². The molecule has 3 rings (SSSR count). The van der Waals surface area contributed by atoms with E-state index in [1.165, 1.54) is 36.1 Å². The van der Waals surface area contributed by atoms with E-state index in [4.69, 9.17) is 0 Å². The molecule has 0 unspecified atom stereocenters. The summed E-state index contributed by atoms with van der Waals surface area (Å²) in [6, 6.07) is 19.4. The first-order valence-corrected chi connectivity index (χ1v) is 6.97. The van der Waals surface area contributed by atoms with Crippen molar-refractivity contribution >= 4 is 0 Å². The van der Waals surface area contributed by atoms with E-state index in [0.717, 1.165) is 6.54 Å². The van der Waals surface area contributed by atoms with E-state index in [1.54, 1.807) is 0 Å². The third-order valence-corrected chi connectivity index (χ3v) is 3.55. The average Bonchev–Trinajstić information content (AvgIpc) is 2.49. The highest BCUT2D eigenvalue weighted by atomic mass is 15.1. The smallest absolute Gasteiger partial charge is 0.0424 e. The molecule has 0 N–H and O–H groups in total. The molecule has 96 valence electrons. The van der Waals surface area contributed by atoms with Gasteiger partial charge < -0.3 is 4.90 Å². The summed E-state index contributed by atoms with van der Waals surface area (Å²) in [6.07, 6.45) is 7.00. The maximum absolute atomic E-state index is 2.40. The molecular formula is C18H19N. The minimum Gasteiger partial charge on any atom is -0.373 e. The molecule has 0 aliphatic carbocycles. The van der Waals surface area contributed by atoms with E-state index in [9.17, 15) is 0 Å². The van der Waals surface area contributed by atoms with Crippen molar-refractivity contribution in [3.8, 4) is 11.1 Å². The van der Waals surface area contributed by atoms with Gasteiger partial charge in [-0.15, -0.1) is 0 Å². The molecule has 0 amide bonds. The molecule has 19 heavy (non-hydrogen) atoms. The Labute approximate surface area is 115 Å². The molecule has 1 heteroatoms. The number of benzene rings is 2. The number of hydrogen-bond donors (Lipinski definition) is 0. The summed E-state index contributed by atoms with van der Waals surface area (Å²) in [4.78, 5) is 2.40. The zero-order chi connectivity index (χ0) is 12.9. The Kier molecular flexibility index (Phi) is 3.64. The van der Waals surface area contributed by atoms with Gasteiger partial charge in [-0.3, -0.25) is 0 Å². The summed E-state index contributed by atoms with van der Waals surface area (Å²) < 4.78 is 0. The highest BCUT2D eigenvalue weighted by Gasteiger charge is 2.05. The normalized spacial score (nSPS) is 14.6. The van der Waals surface area contributed by atoms with Gasteiger partial charge in [-0.2, -0.15) is 0 Å². The molecule has 0 saturated heterocycles. The summed E-state index contributed by atoms with van der Waals surface area (Å²) in [5.41, 5.74) is 3.98. The summed E-state index contributed by atoms with van der Waals surface area (Å²) in [6.45, 7) is 2.18. The molecule has 0 aromatic heterocycles. The number of allylic oxidation sites excluding steroid dienone is 1. The van der Waals surface area contributed by atoms with Crippen molar-refractivity contribution in [2.75, 3.05) is 6.54 Å². The Morgan fingerprint density at radius 3 is 2.53 bits per heavy atom. The first-order chi connectivity index (χ1) is 9.42. The molecular weight excluding hydrogens is 230 g/mol. The van der Waals surface area contributed by atoms with Crippen LogP contribution in [0.4, 0.5) is 0 Å². The van der Waals surface area contributed by atoms with Crippen LogP contribution < -0.4 is 0 Å². The molecule has 2 aromatic rings. The lowest BCUT2D eigenvalue weighted by atomic mass is 10.0. The van der Waals surface area contributed by atoms with Crippen molar-refractivity contribution in [1.29, 1.82) is 0 Å². The number of rotatable bonds is 3. The Morgan fingerprint density at radius 2 is 1.74 bits per heavy atom. The SMILES string of the molecule is C1=CN(Cc2cccc(-c3ccccc3)c2)CCC1. The van der Waals surface area contributed by atoms with E-state index in [-0.39, 0.29) is 0 Å². The minimum atomic E-state index is 1.01. The van der Waals surface area contributed by atoms with Crippen LogP contribution in [0.3, 0.4) is 0 Å². The minimum absolute atomic E-state index is 1.01. The molecule has 0 atom stereocenters. The quantitative estimate of drug-likeness (QED) is 0.776. The lowest BCUT2D eigenvalue weighted by Crippen LogP contribution is -2.20. The van der Waals surface area contributed by atoms with Gasteiger partial charge in [0.25, 0.3) is 0 Å². The van der Waals surface area contributed by atoms with E-state index in [1.807, 2.05) is 0 Å². The van der Waals surface area contributed by atoms with Gasteiger partial charge in [-0.05, 0) is 41.8 Å². The van der Waals surface area contributed by atoms with Crippen LogP contribution in [0.25, 0.3) is 11.1 Å². The van der Waals surface area contributed by atoms with Crippen LogP contribution in [0.1, 0.15) is 18.4 Å². The fraction of sp³-hybridized carbons (Fsp3) is 0.222. The maximum atomic E-state index is 2.40. The van der Waals surface area contributed by atoms with Gasteiger partial charge in [-0.25, -0.2) is 0 Å². The highest BCUT2D eigenvalue weighted by molar-refractivity contribution is 5.63. The van der Waals surface area contributed by atoms with Crippen LogP contribution in [0.5, 0.6) is 0 Å². The van der Waals surface area contributed by atoms with Crippen LogP contribution in [0.2, 0.25) is 0 Å². The predicted molar refractivity (Wildman–Crippen MR) is 80.7 cm³/mol. The molecule has 0 saturated carbocycles. The maximum Gasteiger partial charge on any atom is 0.0424 e. The van der Waals surface area contributed by atoms with Crippen LogP contribution >= 0.6 is 0 Å². The standard InChI is InChI=1S/C18H19N/c1-3-9-17(10-4-1)18-11-7-8-16(14-18)15-19-12-5-2-6-13-19/h1,3-5,7-12,14H,2,6,13,15H2. The number of hydrogen-bond acceptors (Lipinski definition) is 1. The molecule has 0 spiro atoms. The van der Waals surface area contributed by atoms with Gasteiger partial charge >= 0.3 is 0 Å². The third-order valence-electron chi connectivity index (χ3n) is 3.55. The van der Waals surface area contributed by atoms with E-state index in [2.05, 4.69) is 71.8 Å². The van der Waals surface area contributed by atoms with Crippen molar-refractivity contribution in [2.45, 2.75) is 19.4 Å². The summed E-state index contributed by atoms with van der Waals surface area (Å²) in [5, 5.41) is 0. The lowest BCUT2D eigenvalue weighted by molar-refractivity contribution is 0.348. The second-order valence-corrected chi connectivity index (χ2v) is 5.06. The average molecular weight is 249 g/mol. The van der Waals surface area contributed by atoms with Crippen LogP contribution in [0, 0.1) is 0 Å². The van der Waals surface area contributed by atoms with Crippen molar-refractivity contribution < 1.29 is 0 Å². The van der Waals surface area contributed by atoms with Crippen molar-refractivity contribution in [2.24, 2.45) is 0 Å². The zero-order valence-electron chi connectivity index (χ0n) is 11.1. The Morgan fingerprint density at radius 1 is 0.895 bits per heavy atom. The zero-order valence-corrected chi connectivity index (χ0v) is 11.1. The predicted octanol–water partition coefficient (Wildman–Crippen LogP) is 4.46. The Bertz CT molecular complexity index is 557. The Hall–Kier alpha value is -2.02. The summed E-state index contributed by atoms with van der Waals surface area (Å²) in [5.74, 6) is 0. The first-order valence-electron chi connectivity index (χ1n) is 6.97. The molecule has 1 aliphatic rings. The largest absolute Gasteiger partial charge is 0.373 e. The van der Waals surface area contributed by atoms with Crippen molar-refractivity contribution in [3.63, 3.8) is 0 Å². The molecule has 0 radical (unpaired) electrons. The van der Waals surface area contributed by atoms with Crippen LogP contribution in [0.15, 0.2) is 66.9 Å². The van der Waals surface area contributed by atoms with Gasteiger partial charge in [0.15, 0.2) is 0 Å². The Balaban J connectivity index is 1.80. The van der Waals surface area contributed by atoms with Gasteiger partial charge in [-0.1, -0.05) is 54.6 Å². The van der Waals surface area contributed by atoms with Gasteiger partial charge in [0.05, 0.1) is 0 Å². The summed E-state index contributed by atoms with van der Waals surface area (Å²) in [7, 11) is 0. The van der Waals surface area contributed by atoms with Gasteiger partial charge in [0.1, 0.15) is 0 Å². The second kappa shape index (κ2) is 5.75. The fourth-order valence-electron chi connectivity index (χ4n) is 2.56. The fourth-order valence-corrected chi connectivity index (χ4v) is 2.56. The summed E-state index contributed by atoms with van der Waals surface area (Å²) >= 11 is 0. The van der Waals surface area contributed by atoms with Crippen molar-refractivity contribution in [1.82, 2.24) is 4.90 Å². The third kappa shape index (κ3) is 3.05. The molecule has 1 nitrogen and oxygen atoms in total. The highest BCUT2D eigenvalue weighted by Crippen LogP contribution is 2.21. The monoisotopic (exact) mass is 249 g/mol. The lowest BCUT2D eigenvalue weighted by Gasteiger charge is -2.23. The second-order valence-electron chi connectivity index (χ2n) is 5.06. The topological polar surface area (TPSA) is 3.24 Å². The molecule has 2 aromatic carbocycles. The molecule has 1 heterocycles. The van der Waals surface area contributed by atoms with Gasteiger partial charge in [0, 0.05) is 13.1 Å². The van der Waals surface area contributed by atoms with E-state index in [0.29, 0.717) is 0 Å².